The highest BCUT2D eigenvalue weighted by atomic mass is 16.5. The number of carbonyl (C=O) groups is 1. The fraction of sp³-hybridized carbons (Fsp3) is 0.214. The van der Waals surface area contributed by atoms with Gasteiger partial charge in [-0.1, -0.05) is 0 Å². The monoisotopic (exact) mass is 272 g/mol. The quantitative estimate of drug-likeness (QED) is 0.824. The van der Waals surface area contributed by atoms with Crippen molar-refractivity contribution in [3.8, 4) is 0 Å². The van der Waals surface area contributed by atoms with Crippen LogP contribution in [0.25, 0.3) is 0 Å². The zero-order chi connectivity index (χ0) is 14.5. The molecule has 104 valence electrons. The Labute approximate surface area is 117 Å². The molecule has 0 saturated carbocycles. The van der Waals surface area contributed by atoms with Gasteiger partial charge in [0.1, 0.15) is 11.4 Å². The maximum atomic E-state index is 11.7. The Kier molecular flexibility index (Phi) is 4.14. The number of rotatable bonds is 4. The van der Waals surface area contributed by atoms with Crippen molar-refractivity contribution in [1.29, 1.82) is 0 Å². The van der Waals surface area contributed by atoms with Crippen LogP contribution in [0.1, 0.15) is 21.5 Å². The molecule has 0 radical (unpaired) electrons. The number of nitrogens with one attached hydrogen (secondary N) is 1. The number of ether oxygens (including phenoxy) is 1. The van der Waals surface area contributed by atoms with Crippen molar-refractivity contribution in [1.82, 2.24) is 9.97 Å². The molecule has 0 fully saturated rings. The SMILES string of the molecule is COC(=O)c1cc(N)cnc1NCc1cnccc1C. The van der Waals surface area contributed by atoms with Gasteiger partial charge in [-0.2, -0.15) is 0 Å². The molecular formula is C14H16N4O2. The van der Waals surface area contributed by atoms with E-state index >= 15 is 0 Å². The number of nitrogens with zero attached hydrogens (tertiary/aromatic N) is 2. The number of aromatic nitrogens is 2. The summed E-state index contributed by atoms with van der Waals surface area (Å²) in [6, 6.07) is 3.46. The van der Waals surface area contributed by atoms with Gasteiger partial charge in [-0.05, 0) is 30.2 Å². The maximum Gasteiger partial charge on any atom is 0.341 e. The molecular weight excluding hydrogens is 256 g/mol. The number of nitrogens with two attached hydrogens (primary N) is 1. The van der Waals surface area contributed by atoms with Crippen molar-refractivity contribution in [3.05, 3.63) is 47.4 Å². The largest absolute Gasteiger partial charge is 0.465 e. The fourth-order valence-corrected chi connectivity index (χ4v) is 1.75. The van der Waals surface area contributed by atoms with E-state index in [9.17, 15) is 4.79 Å². The lowest BCUT2D eigenvalue weighted by molar-refractivity contribution is 0.0601. The number of esters is 1. The lowest BCUT2D eigenvalue weighted by Gasteiger charge is -2.11. The fourth-order valence-electron chi connectivity index (χ4n) is 1.75. The average molecular weight is 272 g/mol. The molecule has 0 amide bonds. The number of hydrogen-bond acceptors (Lipinski definition) is 6. The molecule has 2 aromatic heterocycles. The number of methoxy groups -OCH3 is 1. The summed E-state index contributed by atoms with van der Waals surface area (Å²) in [6.45, 7) is 2.51. The third kappa shape index (κ3) is 3.03. The molecule has 0 unspecified atom stereocenters. The Morgan fingerprint density at radius 2 is 2.25 bits per heavy atom. The molecule has 0 saturated heterocycles. The van der Waals surface area contributed by atoms with E-state index in [1.54, 1.807) is 12.4 Å². The van der Waals surface area contributed by atoms with Crippen LogP contribution in [-0.4, -0.2) is 23.0 Å². The first kappa shape index (κ1) is 13.8. The molecule has 0 aromatic carbocycles. The zero-order valence-electron chi connectivity index (χ0n) is 11.4. The second-order valence-electron chi connectivity index (χ2n) is 4.31. The van der Waals surface area contributed by atoms with Gasteiger partial charge in [-0.25, -0.2) is 9.78 Å². The second-order valence-corrected chi connectivity index (χ2v) is 4.31. The Balaban J connectivity index is 2.21. The molecule has 0 spiro atoms. The third-order valence-corrected chi connectivity index (χ3v) is 2.91. The lowest BCUT2D eigenvalue weighted by atomic mass is 10.1. The number of hydrogen-bond donors (Lipinski definition) is 2. The van der Waals surface area contributed by atoms with Gasteiger partial charge < -0.3 is 15.8 Å². The summed E-state index contributed by atoms with van der Waals surface area (Å²) < 4.78 is 4.72. The van der Waals surface area contributed by atoms with Crippen molar-refractivity contribution in [2.45, 2.75) is 13.5 Å². The molecule has 0 aliphatic rings. The van der Waals surface area contributed by atoms with Crippen molar-refractivity contribution in [2.75, 3.05) is 18.2 Å². The topological polar surface area (TPSA) is 90.1 Å². The van der Waals surface area contributed by atoms with Gasteiger partial charge in [0.2, 0.25) is 0 Å². The van der Waals surface area contributed by atoms with E-state index in [2.05, 4.69) is 15.3 Å². The number of carbonyl (C=O) groups excluding carboxylic acids is 1. The van der Waals surface area contributed by atoms with Crippen LogP contribution in [0.15, 0.2) is 30.7 Å². The van der Waals surface area contributed by atoms with E-state index in [0.29, 0.717) is 23.6 Å². The van der Waals surface area contributed by atoms with E-state index in [4.69, 9.17) is 10.5 Å². The summed E-state index contributed by atoms with van der Waals surface area (Å²) in [5.74, 6) is -0.0375. The minimum atomic E-state index is -0.477. The van der Waals surface area contributed by atoms with Crippen molar-refractivity contribution in [2.24, 2.45) is 0 Å². The van der Waals surface area contributed by atoms with Gasteiger partial charge in [0.05, 0.1) is 19.0 Å². The Morgan fingerprint density at radius 3 is 2.95 bits per heavy atom. The first-order chi connectivity index (χ1) is 9.61. The molecule has 0 atom stereocenters. The summed E-state index contributed by atoms with van der Waals surface area (Å²) in [7, 11) is 1.32. The number of pyridine rings is 2. The highest BCUT2D eigenvalue weighted by molar-refractivity contribution is 5.95. The maximum absolute atomic E-state index is 11.7. The van der Waals surface area contributed by atoms with Gasteiger partial charge in [0.15, 0.2) is 0 Å². The van der Waals surface area contributed by atoms with Gasteiger partial charge >= 0.3 is 5.97 Å². The van der Waals surface area contributed by atoms with Crippen LogP contribution in [0.3, 0.4) is 0 Å². The Morgan fingerprint density at radius 1 is 1.45 bits per heavy atom. The van der Waals surface area contributed by atoms with E-state index in [0.717, 1.165) is 11.1 Å². The van der Waals surface area contributed by atoms with Crippen LogP contribution < -0.4 is 11.1 Å². The van der Waals surface area contributed by atoms with Crippen LogP contribution in [-0.2, 0) is 11.3 Å². The summed E-state index contributed by atoms with van der Waals surface area (Å²) in [5.41, 5.74) is 8.51. The number of aryl methyl sites for hydroxylation is 1. The minimum absolute atomic E-state index is 0.314. The van der Waals surface area contributed by atoms with Gasteiger partial charge in [-0.15, -0.1) is 0 Å². The predicted molar refractivity (Wildman–Crippen MR) is 76.3 cm³/mol. The van der Waals surface area contributed by atoms with Gasteiger partial charge in [-0.3, -0.25) is 4.98 Å². The second kappa shape index (κ2) is 6.01. The van der Waals surface area contributed by atoms with Crippen LogP contribution in [0.2, 0.25) is 0 Å². The first-order valence-corrected chi connectivity index (χ1v) is 6.09. The van der Waals surface area contributed by atoms with Gasteiger partial charge in [0.25, 0.3) is 0 Å². The Hall–Kier alpha value is -2.63. The van der Waals surface area contributed by atoms with Crippen LogP contribution in [0.4, 0.5) is 11.5 Å². The van der Waals surface area contributed by atoms with E-state index in [1.165, 1.54) is 19.4 Å². The van der Waals surface area contributed by atoms with Gasteiger partial charge in [0, 0.05) is 18.9 Å². The zero-order valence-corrected chi connectivity index (χ0v) is 11.4. The highest BCUT2D eigenvalue weighted by Crippen LogP contribution is 2.18. The van der Waals surface area contributed by atoms with Crippen LogP contribution >= 0.6 is 0 Å². The standard InChI is InChI=1S/C14H16N4O2/c1-9-3-4-16-6-10(9)7-17-13-12(14(19)20-2)5-11(15)8-18-13/h3-6,8H,7,15H2,1-2H3,(H,17,18). The first-order valence-electron chi connectivity index (χ1n) is 6.09. The molecule has 20 heavy (non-hydrogen) atoms. The van der Waals surface area contributed by atoms with E-state index in [-0.39, 0.29) is 0 Å². The smallest absolute Gasteiger partial charge is 0.341 e. The van der Waals surface area contributed by atoms with E-state index < -0.39 is 5.97 Å². The van der Waals surface area contributed by atoms with Crippen molar-refractivity contribution in [3.63, 3.8) is 0 Å². The summed E-state index contributed by atoms with van der Waals surface area (Å²) >= 11 is 0. The molecule has 2 rings (SSSR count). The average Bonchev–Trinajstić information content (AvgIpc) is 2.46. The number of nitrogen functional groups attached to an aromatic ring is 1. The molecule has 0 bridgehead atoms. The molecule has 0 aliphatic carbocycles. The summed E-state index contributed by atoms with van der Waals surface area (Å²) in [5, 5.41) is 3.11. The van der Waals surface area contributed by atoms with Crippen molar-refractivity contribution < 1.29 is 9.53 Å². The summed E-state index contributed by atoms with van der Waals surface area (Å²) in [6.07, 6.45) is 5.00. The Bertz CT molecular complexity index is 628. The number of anilines is 2. The van der Waals surface area contributed by atoms with E-state index in [1.807, 2.05) is 13.0 Å². The molecule has 6 heteroatoms. The third-order valence-electron chi connectivity index (χ3n) is 2.91. The molecule has 3 N–H and O–H groups in total. The summed E-state index contributed by atoms with van der Waals surface area (Å²) in [4.78, 5) is 19.9. The normalized spacial score (nSPS) is 10.1. The van der Waals surface area contributed by atoms with Crippen molar-refractivity contribution >= 4 is 17.5 Å². The molecule has 2 heterocycles. The molecule has 2 aromatic rings. The predicted octanol–water partition coefficient (Wildman–Crippen LogP) is 1.77. The molecule has 0 aliphatic heterocycles. The van der Waals surface area contributed by atoms with Crippen LogP contribution in [0, 0.1) is 6.92 Å². The molecule has 6 nitrogen and oxygen atoms in total. The minimum Gasteiger partial charge on any atom is -0.465 e. The lowest BCUT2D eigenvalue weighted by Crippen LogP contribution is -2.11. The van der Waals surface area contributed by atoms with Crippen LogP contribution in [0.5, 0.6) is 0 Å². The highest BCUT2D eigenvalue weighted by Gasteiger charge is 2.13.